The summed E-state index contributed by atoms with van der Waals surface area (Å²) in [6, 6.07) is 0.284. The van der Waals surface area contributed by atoms with Gasteiger partial charge in [0.2, 0.25) is 5.91 Å². The minimum absolute atomic E-state index is 0.00183. The van der Waals surface area contributed by atoms with Gasteiger partial charge >= 0.3 is 0 Å². The van der Waals surface area contributed by atoms with Crippen molar-refractivity contribution in [3.63, 3.8) is 0 Å². The van der Waals surface area contributed by atoms with Gasteiger partial charge in [0, 0.05) is 24.5 Å². The first-order valence-electron chi connectivity index (χ1n) is 4.99. The molecule has 1 amide bonds. The van der Waals surface area contributed by atoms with Gasteiger partial charge < -0.3 is 10.1 Å². The van der Waals surface area contributed by atoms with Gasteiger partial charge in [-0.15, -0.1) is 0 Å². The van der Waals surface area contributed by atoms with Gasteiger partial charge in [-0.25, -0.2) is 0 Å². The normalized spacial score (nSPS) is 33.5. The van der Waals surface area contributed by atoms with E-state index in [4.69, 9.17) is 4.74 Å². The summed E-state index contributed by atoms with van der Waals surface area (Å²) in [4.78, 5) is 11.2. The van der Waals surface area contributed by atoms with Crippen molar-refractivity contribution in [3.8, 4) is 0 Å². The van der Waals surface area contributed by atoms with Crippen LogP contribution in [0.5, 0.6) is 0 Å². The third kappa shape index (κ3) is 2.21. The van der Waals surface area contributed by atoms with Gasteiger partial charge in [-0.2, -0.15) is 0 Å². The molecule has 0 aromatic rings. The zero-order valence-corrected chi connectivity index (χ0v) is 8.72. The average molecular weight is 185 g/mol. The van der Waals surface area contributed by atoms with Crippen LogP contribution in [0.15, 0.2) is 0 Å². The lowest BCUT2D eigenvalue weighted by Gasteiger charge is -2.28. The van der Waals surface area contributed by atoms with Crippen LogP contribution >= 0.6 is 0 Å². The fourth-order valence-electron chi connectivity index (χ4n) is 1.99. The number of carbonyl (C=O) groups is 1. The number of hydrogen-bond acceptors (Lipinski definition) is 2. The van der Waals surface area contributed by atoms with Crippen molar-refractivity contribution in [1.82, 2.24) is 5.32 Å². The number of rotatable bonds is 4. The zero-order chi connectivity index (χ0) is 9.90. The molecule has 76 valence electrons. The third-order valence-corrected chi connectivity index (χ3v) is 2.79. The molecule has 1 aliphatic rings. The Morgan fingerprint density at radius 3 is 2.85 bits per heavy atom. The van der Waals surface area contributed by atoms with Crippen molar-refractivity contribution < 1.29 is 9.53 Å². The van der Waals surface area contributed by atoms with E-state index in [1.54, 1.807) is 0 Å². The first-order valence-corrected chi connectivity index (χ1v) is 4.99. The molecule has 3 nitrogen and oxygen atoms in total. The van der Waals surface area contributed by atoms with E-state index in [0.29, 0.717) is 13.0 Å². The van der Waals surface area contributed by atoms with Gasteiger partial charge in [0.05, 0.1) is 6.61 Å². The molecule has 0 aromatic heterocycles. The molecule has 1 rings (SSSR count). The summed E-state index contributed by atoms with van der Waals surface area (Å²) < 4.78 is 5.41. The summed E-state index contributed by atoms with van der Waals surface area (Å²) in [5, 5.41) is 2.98. The lowest BCUT2D eigenvalue weighted by atomic mass is 9.82. The predicted octanol–water partition coefficient (Wildman–Crippen LogP) is 1.33. The Balaban J connectivity index is 2.58. The largest absolute Gasteiger partial charge is 0.381 e. The molecule has 0 radical (unpaired) electrons. The highest BCUT2D eigenvalue weighted by Gasteiger charge is 2.42. The molecule has 0 spiro atoms. The Hall–Kier alpha value is -0.570. The number of amides is 1. The number of hydrogen-bond donors (Lipinski definition) is 1. The minimum Gasteiger partial charge on any atom is -0.381 e. The van der Waals surface area contributed by atoms with E-state index in [9.17, 15) is 4.79 Å². The first kappa shape index (κ1) is 10.5. The Labute approximate surface area is 79.8 Å². The van der Waals surface area contributed by atoms with E-state index in [0.717, 1.165) is 13.0 Å². The van der Waals surface area contributed by atoms with Crippen LogP contribution in [0.2, 0.25) is 0 Å². The molecular weight excluding hydrogens is 166 g/mol. The Kier molecular flexibility index (Phi) is 3.31. The van der Waals surface area contributed by atoms with Gasteiger partial charge in [-0.1, -0.05) is 13.8 Å². The average Bonchev–Trinajstić information content (AvgIpc) is 2.38. The molecule has 2 atom stereocenters. The molecule has 13 heavy (non-hydrogen) atoms. The number of nitrogens with one attached hydrogen (secondary N) is 1. The quantitative estimate of drug-likeness (QED) is 0.717. The Morgan fingerprint density at radius 2 is 2.31 bits per heavy atom. The van der Waals surface area contributed by atoms with E-state index in [-0.39, 0.29) is 17.4 Å². The third-order valence-electron chi connectivity index (χ3n) is 2.79. The van der Waals surface area contributed by atoms with Crippen LogP contribution < -0.4 is 5.32 Å². The molecule has 0 aromatic carbocycles. The summed E-state index contributed by atoms with van der Waals surface area (Å²) in [5.41, 5.74) is 0.00183. The van der Waals surface area contributed by atoms with Crippen LogP contribution in [0, 0.1) is 5.41 Å². The number of ether oxygens (including phenoxy) is 1. The van der Waals surface area contributed by atoms with Crippen molar-refractivity contribution in [2.24, 2.45) is 5.41 Å². The highest BCUT2D eigenvalue weighted by Crippen LogP contribution is 2.33. The lowest BCUT2D eigenvalue weighted by Crippen LogP contribution is -2.37. The monoisotopic (exact) mass is 185 g/mol. The molecule has 1 aliphatic heterocycles. The molecule has 0 bridgehead atoms. The fourth-order valence-corrected chi connectivity index (χ4v) is 1.99. The standard InChI is InChI=1S/C10H19NO2/c1-4-8-10(3,7-13-5-2)6-9(12)11-8/h8H,4-7H2,1-3H3,(H,11,12). The molecule has 1 fully saturated rings. The van der Waals surface area contributed by atoms with E-state index < -0.39 is 0 Å². The Morgan fingerprint density at radius 1 is 1.62 bits per heavy atom. The van der Waals surface area contributed by atoms with E-state index in [2.05, 4.69) is 19.2 Å². The fraction of sp³-hybridized carbons (Fsp3) is 0.900. The van der Waals surface area contributed by atoms with Crippen molar-refractivity contribution in [2.45, 2.75) is 39.7 Å². The second kappa shape index (κ2) is 4.09. The summed E-state index contributed by atoms with van der Waals surface area (Å²) in [6.45, 7) is 7.60. The SMILES string of the molecule is CCOCC1(C)CC(=O)NC1CC. The second-order valence-corrected chi connectivity index (χ2v) is 4.00. The summed E-state index contributed by atoms with van der Waals surface area (Å²) in [7, 11) is 0. The van der Waals surface area contributed by atoms with Gasteiger partial charge in [0.25, 0.3) is 0 Å². The van der Waals surface area contributed by atoms with Crippen LogP contribution in [-0.2, 0) is 9.53 Å². The van der Waals surface area contributed by atoms with Crippen molar-refractivity contribution in [2.75, 3.05) is 13.2 Å². The second-order valence-electron chi connectivity index (χ2n) is 4.00. The molecule has 1 heterocycles. The highest BCUT2D eigenvalue weighted by molar-refractivity contribution is 5.79. The molecule has 2 unspecified atom stereocenters. The maximum Gasteiger partial charge on any atom is 0.220 e. The minimum atomic E-state index is 0.00183. The smallest absolute Gasteiger partial charge is 0.220 e. The molecule has 1 N–H and O–H groups in total. The van der Waals surface area contributed by atoms with Crippen LogP contribution in [0.1, 0.15) is 33.6 Å². The van der Waals surface area contributed by atoms with Gasteiger partial charge in [0.15, 0.2) is 0 Å². The molecule has 0 aliphatic carbocycles. The maximum absolute atomic E-state index is 11.2. The summed E-state index contributed by atoms with van der Waals surface area (Å²) >= 11 is 0. The van der Waals surface area contributed by atoms with Crippen LogP contribution in [0.4, 0.5) is 0 Å². The first-order chi connectivity index (χ1) is 6.12. The number of carbonyl (C=O) groups excluding carboxylic acids is 1. The maximum atomic E-state index is 11.2. The molecule has 0 saturated carbocycles. The topological polar surface area (TPSA) is 38.3 Å². The molecule has 1 saturated heterocycles. The zero-order valence-electron chi connectivity index (χ0n) is 8.72. The van der Waals surface area contributed by atoms with Crippen molar-refractivity contribution in [3.05, 3.63) is 0 Å². The lowest BCUT2D eigenvalue weighted by molar-refractivity contribution is -0.120. The van der Waals surface area contributed by atoms with Crippen molar-refractivity contribution in [1.29, 1.82) is 0 Å². The summed E-state index contributed by atoms with van der Waals surface area (Å²) in [6.07, 6.45) is 1.58. The van der Waals surface area contributed by atoms with Gasteiger partial charge in [-0.3, -0.25) is 4.79 Å². The molecule has 3 heteroatoms. The van der Waals surface area contributed by atoms with Gasteiger partial charge in [0.1, 0.15) is 0 Å². The van der Waals surface area contributed by atoms with E-state index in [1.165, 1.54) is 0 Å². The van der Waals surface area contributed by atoms with E-state index >= 15 is 0 Å². The van der Waals surface area contributed by atoms with Crippen molar-refractivity contribution >= 4 is 5.91 Å². The Bertz CT molecular complexity index is 193. The molecular formula is C10H19NO2. The predicted molar refractivity (Wildman–Crippen MR) is 51.4 cm³/mol. The summed E-state index contributed by atoms with van der Waals surface area (Å²) in [5.74, 6) is 0.161. The van der Waals surface area contributed by atoms with Crippen LogP contribution in [0.3, 0.4) is 0 Å². The van der Waals surface area contributed by atoms with E-state index in [1.807, 2.05) is 6.92 Å². The van der Waals surface area contributed by atoms with Gasteiger partial charge in [-0.05, 0) is 13.3 Å². The highest BCUT2D eigenvalue weighted by atomic mass is 16.5. The van der Waals surface area contributed by atoms with Crippen LogP contribution in [-0.4, -0.2) is 25.2 Å². The van der Waals surface area contributed by atoms with Crippen LogP contribution in [0.25, 0.3) is 0 Å².